The van der Waals surface area contributed by atoms with E-state index in [1.807, 2.05) is 48.9 Å². The van der Waals surface area contributed by atoms with E-state index in [0.717, 1.165) is 22.2 Å². The molecular formula is C33H35F3N6OS2. The molecule has 0 aliphatic carbocycles. The van der Waals surface area contributed by atoms with Gasteiger partial charge in [0.2, 0.25) is 0 Å². The average molecular weight is 653 g/mol. The molecule has 4 aromatic rings. The number of rotatable bonds is 12. The van der Waals surface area contributed by atoms with Gasteiger partial charge in [0.05, 0.1) is 40.6 Å². The van der Waals surface area contributed by atoms with Crippen molar-refractivity contribution < 1.29 is 18.0 Å². The van der Waals surface area contributed by atoms with Gasteiger partial charge in [-0.15, -0.1) is 11.3 Å². The fourth-order valence-electron chi connectivity index (χ4n) is 5.12. The molecule has 0 spiro atoms. The van der Waals surface area contributed by atoms with E-state index in [0.29, 0.717) is 24.2 Å². The summed E-state index contributed by atoms with van der Waals surface area (Å²) in [5, 5.41) is 15.0. The number of hydrogen-bond acceptors (Lipinski definition) is 6. The number of imidazole rings is 1. The van der Waals surface area contributed by atoms with Crippen LogP contribution in [0.25, 0.3) is 0 Å². The third-order valence-electron chi connectivity index (χ3n) is 7.39. The molecule has 3 N–H and O–H groups in total. The fraction of sp³-hybridized carbons (Fsp3) is 0.333. The van der Waals surface area contributed by atoms with Gasteiger partial charge in [0.25, 0.3) is 0 Å². The lowest BCUT2D eigenvalue weighted by Gasteiger charge is -2.37. The van der Waals surface area contributed by atoms with Crippen molar-refractivity contribution in [2.24, 2.45) is 17.6 Å². The summed E-state index contributed by atoms with van der Waals surface area (Å²) in [5.74, 6) is -0.841. The average Bonchev–Trinajstić information content (AvgIpc) is 3.61. The highest BCUT2D eigenvalue weighted by Gasteiger charge is 2.36. The summed E-state index contributed by atoms with van der Waals surface area (Å²) in [6.45, 7) is 6.07. The Bertz CT molecular complexity index is 1660. The van der Waals surface area contributed by atoms with Gasteiger partial charge in [-0.2, -0.15) is 18.4 Å². The number of thiophene rings is 1. The third kappa shape index (κ3) is 9.00. The predicted molar refractivity (Wildman–Crippen MR) is 174 cm³/mol. The van der Waals surface area contributed by atoms with Crippen molar-refractivity contribution in [1.29, 1.82) is 5.26 Å². The van der Waals surface area contributed by atoms with Gasteiger partial charge in [-0.05, 0) is 77.8 Å². The number of nitriles is 1. The molecule has 4 rings (SSSR count). The minimum Gasteiger partial charge on any atom is -0.330 e. The van der Waals surface area contributed by atoms with Crippen molar-refractivity contribution in [3.05, 3.63) is 106 Å². The molecule has 0 aliphatic rings. The van der Waals surface area contributed by atoms with E-state index in [2.05, 4.69) is 16.4 Å². The molecule has 7 nitrogen and oxygen atoms in total. The Hall–Kier alpha value is -4.05. The molecule has 2 aromatic carbocycles. The predicted octanol–water partition coefficient (Wildman–Crippen LogP) is 7.15. The van der Waals surface area contributed by atoms with Crippen molar-refractivity contribution in [2.45, 2.75) is 59.0 Å². The summed E-state index contributed by atoms with van der Waals surface area (Å²) < 4.78 is 43.8. The summed E-state index contributed by atoms with van der Waals surface area (Å²) in [6, 6.07) is 16.5. The van der Waals surface area contributed by atoms with Crippen LogP contribution in [0.4, 0.5) is 18.2 Å². The van der Waals surface area contributed by atoms with Crippen LogP contribution in [0.15, 0.2) is 72.5 Å². The second kappa shape index (κ2) is 14.8. The van der Waals surface area contributed by atoms with Crippen molar-refractivity contribution in [3.8, 4) is 6.07 Å². The first kappa shape index (κ1) is 33.8. The molecule has 236 valence electrons. The molecule has 0 saturated carbocycles. The van der Waals surface area contributed by atoms with Gasteiger partial charge < -0.3 is 20.5 Å². The van der Waals surface area contributed by atoms with Crippen LogP contribution in [-0.2, 0) is 30.5 Å². The van der Waals surface area contributed by atoms with Gasteiger partial charge in [-0.1, -0.05) is 44.2 Å². The molecule has 1 unspecified atom stereocenters. The number of thiocarbonyl (C=S) groups is 1. The zero-order chi connectivity index (χ0) is 32.7. The standard InChI is InChI=1S/C33H35F3N6OS2/c1-21(2)12-27(29(43)14-26-16-39-20-41(26)17-24-10-8-23(15-37)9-11-24)31(38)42(32(44)40-30-13-22(3)19-45-30)18-25-6-4-5-7-28(25)33(34,35)36/h4-11,13,16,19-21,27,31H,12,14,17-18,38H2,1-3H3,(H,40,44)/t27-,31?/m1/s1. The van der Waals surface area contributed by atoms with Crippen molar-refractivity contribution >= 4 is 39.5 Å². The zero-order valence-corrected chi connectivity index (χ0v) is 26.8. The van der Waals surface area contributed by atoms with Crippen LogP contribution in [0.2, 0.25) is 0 Å². The topological polar surface area (TPSA) is 100.0 Å². The Morgan fingerprint density at radius 1 is 1.20 bits per heavy atom. The maximum atomic E-state index is 14.0. The van der Waals surface area contributed by atoms with Gasteiger partial charge in [-0.3, -0.25) is 4.79 Å². The maximum Gasteiger partial charge on any atom is 0.416 e. The van der Waals surface area contributed by atoms with Crippen LogP contribution < -0.4 is 11.1 Å². The van der Waals surface area contributed by atoms with Gasteiger partial charge in [0, 0.05) is 31.4 Å². The molecule has 0 saturated heterocycles. The first-order valence-electron chi connectivity index (χ1n) is 14.4. The van der Waals surface area contributed by atoms with E-state index < -0.39 is 23.8 Å². The van der Waals surface area contributed by atoms with E-state index in [1.54, 1.807) is 30.7 Å². The fourth-order valence-corrected chi connectivity index (χ4v) is 6.27. The van der Waals surface area contributed by atoms with Gasteiger partial charge in [-0.25, -0.2) is 4.98 Å². The second-order valence-electron chi connectivity index (χ2n) is 11.4. The number of aryl methyl sites for hydroxylation is 1. The van der Waals surface area contributed by atoms with E-state index >= 15 is 0 Å². The Labute approximate surface area is 270 Å². The summed E-state index contributed by atoms with van der Waals surface area (Å²) in [7, 11) is 0. The lowest BCUT2D eigenvalue weighted by atomic mass is 9.88. The molecule has 2 aromatic heterocycles. The van der Waals surface area contributed by atoms with Crippen molar-refractivity contribution in [1.82, 2.24) is 14.5 Å². The van der Waals surface area contributed by atoms with E-state index in [-0.39, 0.29) is 35.3 Å². The Morgan fingerprint density at radius 2 is 1.91 bits per heavy atom. The first-order chi connectivity index (χ1) is 21.3. The van der Waals surface area contributed by atoms with E-state index in [1.165, 1.54) is 28.4 Å². The van der Waals surface area contributed by atoms with Crippen LogP contribution >= 0.6 is 23.6 Å². The van der Waals surface area contributed by atoms with E-state index in [4.69, 9.17) is 23.2 Å². The monoisotopic (exact) mass is 652 g/mol. The summed E-state index contributed by atoms with van der Waals surface area (Å²) >= 11 is 7.15. The van der Waals surface area contributed by atoms with Crippen LogP contribution in [0.1, 0.15) is 53.8 Å². The van der Waals surface area contributed by atoms with Crippen LogP contribution in [-0.4, -0.2) is 31.5 Å². The number of nitrogens with zero attached hydrogens (tertiary/aromatic N) is 4. The van der Waals surface area contributed by atoms with Crippen LogP contribution in [0.3, 0.4) is 0 Å². The summed E-state index contributed by atoms with van der Waals surface area (Å²) in [6.07, 6.45) is -1.90. The second-order valence-corrected chi connectivity index (χ2v) is 12.7. The van der Waals surface area contributed by atoms with Crippen molar-refractivity contribution in [2.75, 3.05) is 5.32 Å². The summed E-state index contributed by atoms with van der Waals surface area (Å²) in [4.78, 5) is 19.8. The molecular weight excluding hydrogens is 618 g/mol. The lowest BCUT2D eigenvalue weighted by Crippen LogP contribution is -2.53. The quantitative estimate of drug-likeness (QED) is 0.124. The smallest absolute Gasteiger partial charge is 0.330 e. The number of carbonyl (C=O) groups excluding carboxylic acids is 1. The normalized spacial score (nSPS) is 12.9. The number of ketones is 1. The molecule has 2 heterocycles. The maximum absolute atomic E-state index is 14.0. The molecule has 0 amide bonds. The highest BCUT2D eigenvalue weighted by molar-refractivity contribution is 7.80. The number of alkyl halides is 3. The Balaban J connectivity index is 1.63. The number of hydrogen-bond donors (Lipinski definition) is 2. The minimum atomic E-state index is -4.58. The number of benzene rings is 2. The number of anilines is 1. The van der Waals surface area contributed by atoms with Crippen LogP contribution in [0.5, 0.6) is 0 Å². The number of halogens is 3. The largest absolute Gasteiger partial charge is 0.416 e. The third-order valence-corrected chi connectivity index (χ3v) is 8.69. The minimum absolute atomic E-state index is 0.00296. The highest BCUT2D eigenvalue weighted by Crippen LogP contribution is 2.33. The molecule has 0 aliphatic heterocycles. The Kier molecular flexibility index (Phi) is 11.1. The lowest BCUT2D eigenvalue weighted by molar-refractivity contribution is -0.138. The van der Waals surface area contributed by atoms with Gasteiger partial charge in [0.15, 0.2) is 5.11 Å². The Morgan fingerprint density at radius 3 is 2.53 bits per heavy atom. The SMILES string of the molecule is Cc1csc(NC(=S)N(Cc2ccccc2C(F)(F)F)C(N)[C@H](CC(C)C)C(=O)Cc2cncn2Cc2ccc(C#N)cc2)c1. The summed E-state index contributed by atoms with van der Waals surface area (Å²) in [5.41, 5.74) is 9.24. The molecule has 2 atom stereocenters. The van der Waals surface area contributed by atoms with Crippen molar-refractivity contribution in [3.63, 3.8) is 0 Å². The highest BCUT2D eigenvalue weighted by atomic mass is 32.1. The number of carbonyl (C=O) groups is 1. The van der Waals surface area contributed by atoms with E-state index in [9.17, 15) is 18.0 Å². The molecule has 0 radical (unpaired) electrons. The number of nitrogens with two attached hydrogens (primary N) is 1. The first-order valence-corrected chi connectivity index (χ1v) is 15.7. The molecule has 12 heteroatoms. The molecule has 45 heavy (non-hydrogen) atoms. The number of nitrogens with one attached hydrogen (secondary N) is 1. The molecule has 0 bridgehead atoms. The van der Waals surface area contributed by atoms with Gasteiger partial charge >= 0.3 is 6.18 Å². The zero-order valence-electron chi connectivity index (χ0n) is 25.2. The van der Waals surface area contributed by atoms with Gasteiger partial charge in [0.1, 0.15) is 5.78 Å². The molecule has 0 fully saturated rings. The number of Topliss-reactive ketones (excluding diaryl/α,β-unsaturated/α-hetero) is 1. The van der Waals surface area contributed by atoms with Crippen LogP contribution in [0, 0.1) is 30.1 Å². The number of aromatic nitrogens is 2.